The van der Waals surface area contributed by atoms with E-state index in [1.54, 1.807) is 29.8 Å². The van der Waals surface area contributed by atoms with E-state index in [4.69, 9.17) is 0 Å². The number of benzene rings is 1. The summed E-state index contributed by atoms with van der Waals surface area (Å²) in [6.07, 6.45) is 2.76. The maximum Gasteiger partial charge on any atom is 0.175 e. The molecule has 3 rings (SSSR count). The van der Waals surface area contributed by atoms with Crippen molar-refractivity contribution in [2.75, 3.05) is 11.6 Å². The Hall–Kier alpha value is -1.99. The fourth-order valence-electron chi connectivity index (χ4n) is 2.38. The summed E-state index contributed by atoms with van der Waals surface area (Å²) in [6.45, 7) is 4.06. The first-order valence-electron chi connectivity index (χ1n) is 7.12. The summed E-state index contributed by atoms with van der Waals surface area (Å²) in [7, 11) is -3.17. The van der Waals surface area contributed by atoms with Gasteiger partial charge >= 0.3 is 0 Å². The van der Waals surface area contributed by atoms with Gasteiger partial charge in [0.25, 0.3) is 0 Å². The average Bonchev–Trinajstić information content (AvgIpc) is 2.88. The van der Waals surface area contributed by atoms with Gasteiger partial charge in [-0.2, -0.15) is 0 Å². The second kappa shape index (κ2) is 5.90. The van der Waals surface area contributed by atoms with Crippen LogP contribution in [0.4, 0.5) is 5.82 Å². The van der Waals surface area contributed by atoms with Gasteiger partial charge in [0.2, 0.25) is 0 Å². The minimum atomic E-state index is -3.17. The van der Waals surface area contributed by atoms with E-state index in [-0.39, 0.29) is 6.04 Å². The maximum absolute atomic E-state index is 11.5. The van der Waals surface area contributed by atoms with Gasteiger partial charge in [0.1, 0.15) is 17.0 Å². The molecular formula is C16H17N3O2S2. The zero-order valence-corrected chi connectivity index (χ0v) is 14.7. The number of sulfone groups is 1. The third-order valence-corrected chi connectivity index (χ3v) is 5.70. The van der Waals surface area contributed by atoms with Crippen molar-refractivity contribution in [2.24, 2.45) is 0 Å². The van der Waals surface area contributed by atoms with Gasteiger partial charge in [0, 0.05) is 17.2 Å². The zero-order chi connectivity index (χ0) is 16.6. The van der Waals surface area contributed by atoms with Crippen LogP contribution >= 0.6 is 11.3 Å². The molecule has 7 heteroatoms. The molecule has 0 radical (unpaired) electrons. The van der Waals surface area contributed by atoms with Crippen LogP contribution in [0.25, 0.3) is 10.2 Å². The molecule has 0 saturated heterocycles. The zero-order valence-electron chi connectivity index (χ0n) is 13.1. The van der Waals surface area contributed by atoms with Gasteiger partial charge in [-0.25, -0.2) is 18.4 Å². The molecule has 23 heavy (non-hydrogen) atoms. The SMILES string of the molecule is Cc1cc2c(NC(C)c3ccc(S(C)(=O)=O)cc3)ncnc2s1. The highest BCUT2D eigenvalue weighted by Gasteiger charge is 2.12. The molecule has 0 fully saturated rings. The van der Waals surface area contributed by atoms with Gasteiger partial charge in [-0.15, -0.1) is 11.3 Å². The predicted octanol–water partition coefficient (Wildman–Crippen LogP) is 3.58. The Bertz CT molecular complexity index is 947. The monoisotopic (exact) mass is 347 g/mol. The maximum atomic E-state index is 11.5. The van der Waals surface area contributed by atoms with E-state index in [1.807, 2.05) is 26.0 Å². The fraction of sp³-hybridized carbons (Fsp3) is 0.250. The quantitative estimate of drug-likeness (QED) is 0.781. The van der Waals surface area contributed by atoms with Crippen LogP contribution in [-0.4, -0.2) is 24.6 Å². The lowest BCUT2D eigenvalue weighted by Gasteiger charge is -2.15. The fourth-order valence-corrected chi connectivity index (χ4v) is 3.86. The molecule has 0 saturated carbocycles. The normalized spacial score (nSPS) is 13.2. The van der Waals surface area contributed by atoms with Crippen LogP contribution in [0.15, 0.2) is 41.6 Å². The first-order valence-corrected chi connectivity index (χ1v) is 9.83. The van der Waals surface area contributed by atoms with Crippen molar-refractivity contribution >= 4 is 37.2 Å². The third kappa shape index (κ3) is 3.35. The Morgan fingerprint density at radius 3 is 2.52 bits per heavy atom. The highest BCUT2D eigenvalue weighted by Crippen LogP contribution is 2.29. The summed E-state index contributed by atoms with van der Waals surface area (Å²) in [6, 6.07) is 8.99. The molecule has 1 unspecified atom stereocenters. The molecule has 2 aromatic heterocycles. The van der Waals surface area contributed by atoms with Crippen LogP contribution in [-0.2, 0) is 9.84 Å². The van der Waals surface area contributed by atoms with E-state index >= 15 is 0 Å². The predicted molar refractivity (Wildman–Crippen MR) is 93.7 cm³/mol. The Morgan fingerprint density at radius 2 is 1.87 bits per heavy atom. The second-order valence-electron chi connectivity index (χ2n) is 5.51. The van der Waals surface area contributed by atoms with Crippen molar-refractivity contribution in [2.45, 2.75) is 24.8 Å². The van der Waals surface area contributed by atoms with Gasteiger partial charge in [-0.05, 0) is 37.6 Å². The van der Waals surface area contributed by atoms with Gasteiger partial charge in [0.15, 0.2) is 9.84 Å². The first kappa shape index (κ1) is 15.9. The largest absolute Gasteiger partial charge is 0.363 e. The Morgan fingerprint density at radius 1 is 1.17 bits per heavy atom. The van der Waals surface area contributed by atoms with Crippen LogP contribution in [0.5, 0.6) is 0 Å². The number of fused-ring (bicyclic) bond motifs is 1. The molecule has 5 nitrogen and oxygen atoms in total. The number of nitrogens with zero attached hydrogens (tertiary/aromatic N) is 2. The van der Waals surface area contributed by atoms with E-state index in [0.29, 0.717) is 4.90 Å². The van der Waals surface area contributed by atoms with Crippen LogP contribution in [0.2, 0.25) is 0 Å². The molecule has 3 aromatic rings. The van der Waals surface area contributed by atoms with Gasteiger partial charge in [-0.1, -0.05) is 12.1 Å². The number of rotatable bonds is 4. The van der Waals surface area contributed by atoms with Crippen LogP contribution in [0.1, 0.15) is 23.4 Å². The molecular weight excluding hydrogens is 330 g/mol. The summed E-state index contributed by atoms with van der Waals surface area (Å²) in [5.74, 6) is 0.791. The van der Waals surface area contributed by atoms with Gasteiger partial charge in [-0.3, -0.25) is 0 Å². The summed E-state index contributed by atoms with van der Waals surface area (Å²) in [5.41, 5.74) is 0.996. The van der Waals surface area contributed by atoms with Crippen LogP contribution in [0, 0.1) is 6.92 Å². The molecule has 1 N–H and O–H groups in total. The van der Waals surface area contributed by atoms with Crippen molar-refractivity contribution < 1.29 is 8.42 Å². The minimum absolute atomic E-state index is 0.00177. The number of thiophene rings is 1. The minimum Gasteiger partial charge on any atom is -0.363 e. The molecule has 120 valence electrons. The first-order chi connectivity index (χ1) is 10.8. The van der Waals surface area contributed by atoms with Crippen LogP contribution < -0.4 is 5.32 Å². The highest BCUT2D eigenvalue weighted by atomic mass is 32.2. The lowest BCUT2D eigenvalue weighted by Crippen LogP contribution is -2.08. The van der Waals surface area contributed by atoms with Crippen molar-refractivity contribution in [3.05, 3.63) is 47.1 Å². The highest BCUT2D eigenvalue weighted by molar-refractivity contribution is 7.90. The number of aryl methyl sites for hydroxylation is 1. The average molecular weight is 347 g/mol. The lowest BCUT2D eigenvalue weighted by molar-refractivity contribution is 0.602. The number of hydrogen-bond acceptors (Lipinski definition) is 6. The smallest absolute Gasteiger partial charge is 0.175 e. The molecule has 0 aliphatic carbocycles. The van der Waals surface area contributed by atoms with E-state index in [1.165, 1.54) is 11.1 Å². The van der Waals surface area contributed by atoms with E-state index < -0.39 is 9.84 Å². The number of hydrogen-bond donors (Lipinski definition) is 1. The van der Waals surface area contributed by atoms with Gasteiger partial charge < -0.3 is 5.32 Å². The number of nitrogens with one attached hydrogen (secondary N) is 1. The van der Waals surface area contributed by atoms with E-state index in [2.05, 4.69) is 21.4 Å². The molecule has 0 bridgehead atoms. The third-order valence-electron chi connectivity index (χ3n) is 3.61. The van der Waals surface area contributed by atoms with Crippen molar-refractivity contribution in [1.82, 2.24) is 9.97 Å². The Kier molecular flexibility index (Phi) is 4.08. The van der Waals surface area contributed by atoms with Crippen molar-refractivity contribution in [3.63, 3.8) is 0 Å². The molecule has 1 aromatic carbocycles. The summed E-state index contributed by atoms with van der Waals surface area (Å²) < 4.78 is 23.0. The van der Waals surface area contributed by atoms with E-state index in [9.17, 15) is 8.42 Å². The Labute approximate surface area is 139 Å². The van der Waals surface area contributed by atoms with Crippen LogP contribution in [0.3, 0.4) is 0 Å². The molecule has 0 spiro atoms. The summed E-state index contributed by atoms with van der Waals surface area (Å²) in [4.78, 5) is 11.1. The summed E-state index contributed by atoms with van der Waals surface area (Å²) in [5, 5.41) is 4.39. The standard InChI is InChI=1S/C16H17N3O2S2/c1-10-8-14-15(17-9-18-16(14)22-10)19-11(2)12-4-6-13(7-5-12)23(3,20)21/h4-9,11H,1-3H3,(H,17,18,19). The molecule has 0 aliphatic heterocycles. The lowest BCUT2D eigenvalue weighted by atomic mass is 10.1. The van der Waals surface area contributed by atoms with E-state index in [0.717, 1.165) is 21.6 Å². The topological polar surface area (TPSA) is 72.0 Å². The Balaban J connectivity index is 1.87. The van der Waals surface area contributed by atoms with Crippen molar-refractivity contribution in [1.29, 1.82) is 0 Å². The number of anilines is 1. The van der Waals surface area contributed by atoms with Crippen molar-refractivity contribution in [3.8, 4) is 0 Å². The summed E-state index contributed by atoms with van der Waals surface area (Å²) >= 11 is 1.64. The molecule has 0 aliphatic rings. The molecule has 2 heterocycles. The molecule has 0 amide bonds. The van der Waals surface area contributed by atoms with Gasteiger partial charge in [0.05, 0.1) is 10.3 Å². The second-order valence-corrected chi connectivity index (χ2v) is 8.76. The molecule has 1 atom stereocenters. The number of aromatic nitrogens is 2.